The lowest BCUT2D eigenvalue weighted by molar-refractivity contribution is -0.128. The van der Waals surface area contributed by atoms with Gasteiger partial charge in [-0.05, 0) is 17.7 Å². The quantitative estimate of drug-likeness (QED) is 0.798. The maximum atomic E-state index is 13.3. The maximum absolute atomic E-state index is 13.3. The predicted octanol–water partition coefficient (Wildman–Crippen LogP) is 2.22. The number of rotatable bonds is 2. The smallest absolute Gasteiger partial charge is 0.226 e. The topological polar surface area (TPSA) is 20.3 Å². The van der Waals surface area contributed by atoms with Gasteiger partial charge in [-0.1, -0.05) is 22.0 Å². The van der Waals surface area contributed by atoms with Crippen LogP contribution in [0.25, 0.3) is 0 Å². The van der Waals surface area contributed by atoms with Gasteiger partial charge in [-0.25, -0.2) is 4.39 Å². The van der Waals surface area contributed by atoms with E-state index >= 15 is 0 Å². The van der Waals surface area contributed by atoms with Crippen LogP contribution in [0.15, 0.2) is 22.7 Å². The summed E-state index contributed by atoms with van der Waals surface area (Å²) >= 11 is 3.16. The van der Waals surface area contributed by atoms with E-state index in [1.807, 2.05) is 0 Å². The summed E-state index contributed by atoms with van der Waals surface area (Å²) in [6, 6.07) is 4.69. The molecule has 0 aliphatic carbocycles. The van der Waals surface area contributed by atoms with Crippen molar-refractivity contribution in [3.8, 4) is 0 Å². The van der Waals surface area contributed by atoms with Crippen molar-refractivity contribution in [1.82, 2.24) is 4.90 Å². The fourth-order valence-electron chi connectivity index (χ4n) is 0.986. The van der Waals surface area contributed by atoms with E-state index in [0.717, 1.165) is 0 Å². The zero-order valence-corrected chi connectivity index (χ0v) is 9.64. The molecule has 14 heavy (non-hydrogen) atoms. The van der Waals surface area contributed by atoms with Gasteiger partial charge in [0.2, 0.25) is 5.91 Å². The summed E-state index contributed by atoms with van der Waals surface area (Å²) in [5.41, 5.74) is 0.423. The largest absolute Gasteiger partial charge is 0.349 e. The van der Waals surface area contributed by atoms with E-state index in [2.05, 4.69) is 15.9 Å². The SMILES string of the molecule is CN(C)C(=O)Cc1ccc(Br)cc1F. The first-order valence-corrected chi connectivity index (χ1v) is 4.94. The van der Waals surface area contributed by atoms with Gasteiger partial charge in [-0.3, -0.25) is 4.79 Å². The molecule has 0 bridgehead atoms. The van der Waals surface area contributed by atoms with Crippen LogP contribution >= 0.6 is 15.9 Å². The van der Waals surface area contributed by atoms with Gasteiger partial charge in [-0.2, -0.15) is 0 Å². The van der Waals surface area contributed by atoms with Crippen LogP contribution in [0.4, 0.5) is 4.39 Å². The minimum atomic E-state index is -0.352. The molecule has 76 valence electrons. The number of amides is 1. The fourth-order valence-corrected chi connectivity index (χ4v) is 1.32. The molecule has 0 aliphatic heterocycles. The second-order valence-electron chi connectivity index (χ2n) is 3.20. The van der Waals surface area contributed by atoms with E-state index in [1.54, 1.807) is 26.2 Å². The lowest BCUT2D eigenvalue weighted by Gasteiger charge is -2.10. The van der Waals surface area contributed by atoms with Crippen molar-refractivity contribution < 1.29 is 9.18 Å². The third-order valence-electron chi connectivity index (χ3n) is 1.86. The zero-order chi connectivity index (χ0) is 10.7. The number of likely N-dealkylation sites (N-methyl/N-ethyl adjacent to an activating group) is 1. The first kappa shape index (κ1) is 11.2. The van der Waals surface area contributed by atoms with Crippen molar-refractivity contribution in [3.05, 3.63) is 34.1 Å². The summed E-state index contributed by atoms with van der Waals surface area (Å²) in [6.45, 7) is 0. The Morgan fingerprint density at radius 2 is 2.14 bits per heavy atom. The van der Waals surface area contributed by atoms with Crippen LogP contribution < -0.4 is 0 Å². The molecule has 1 aromatic rings. The van der Waals surface area contributed by atoms with Gasteiger partial charge in [0.25, 0.3) is 0 Å². The predicted molar refractivity (Wildman–Crippen MR) is 56.5 cm³/mol. The van der Waals surface area contributed by atoms with Gasteiger partial charge in [0.1, 0.15) is 5.82 Å². The van der Waals surface area contributed by atoms with Gasteiger partial charge in [-0.15, -0.1) is 0 Å². The van der Waals surface area contributed by atoms with Crippen LogP contribution in [0.1, 0.15) is 5.56 Å². The van der Waals surface area contributed by atoms with Crippen LogP contribution in [-0.4, -0.2) is 24.9 Å². The Labute approximate surface area is 90.8 Å². The molecular formula is C10H11BrFNO. The summed E-state index contributed by atoms with van der Waals surface area (Å²) in [5.74, 6) is -0.458. The number of hydrogen-bond acceptors (Lipinski definition) is 1. The van der Waals surface area contributed by atoms with Gasteiger partial charge < -0.3 is 4.90 Å². The molecule has 0 fully saturated rings. The standard InChI is InChI=1S/C10H11BrFNO/c1-13(2)10(14)5-7-3-4-8(11)6-9(7)12/h3-4,6H,5H2,1-2H3. The van der Waals surface area contributed by atoms with Crippen LogP contribution in [0.5, 0.6) is 0 Å². The third-order valence-corrected chi connectivity index (χ3v) is 2.35. The van der Waals surface area contributed by atoms with Crippen molar-refractivity contribution in [1.29, 1.82) is 0 Å². The number of halogens is 2. The van der Waals surface area contributed by atoms with Crippen LogP contribution in [0, 0.1) is 5.82 Å². The highest BCUT2D eigenvalue weighted by atomic mass is 79.9. The van der Waals surface area contributed by atoms with Crippen molar-refractivity contribution in [3.63, 3.8) is 0 Å². The Hall–Kier alpha value is -0.900. The molecule has 0 heterocycles. The molecule has 1 rings (SSSR count). The highest BCUT2D eigenvalue weighted by Gasteiger charge is 2.09. The molecule has 2 nitrogen and oxygen atoms in total. The van der Waals surface area contributed by atoms with Gasteiger partial charge in [0.05, 0.1) is 6.42 Å². The fraction of sp³-hybridized carbons (Fsp3) is 0.300. The molecule has 0 N–H and O–H groups in total. The van der Waals surface area contributed by atoms with Crippen LogP contribution in [-0.2, 0) is 11.2 Å². The summed E-state index contributed by atoms with van der Waals surface area (Å²) in [7, 11) is 3.30. The van der Waals surface area contributed by atoms with Crippen LogP contribution in [0.3, 0.4) is 0 Å². The highest BCUT2D eigenvalue weighted by Crippen LogP contribution is 2.15. The second-order valence-corrected chi connectivity index (χ2v) is 4.12. The summed E-state index contributed by atoms with van der Waals surface area (Å²) in [6.07, 6.45) is 0.103. The monoisotopic (exact) mass is 259 g/mol. The lowest BCUT2D eigenvalue weighted by atomic mass is 10.1. The number of nitrogens with zero attached hydrogens (tertiary/aromatic N) is 1. The molecule has 0 radical (unpaired) electrons. The summed E-state index contributed by atoms with van der Waals surface area (Å²) < 4.78 is 14.0. The van der Waals surface area contributed by atoms with E-state index in [1.165, 1.54) is 11.0 Å². The zero-order valence-electron chi connectivity index (χ0n) is 8.05. The van der Waals surface area contributed by atoms with E-state index in [9.17, 15) is 9.18 Å². The molecule has 0 saturated carbocycles. The van der Waals surface area contributed by atoms with Gasteiger partial charge >= 0.3 is 0 Å². The Kier molecular flexibility index (Phi) is 3.63. The van der Waals surface area contributed by atoms with E-state index in [-0.39, 0.29) is 18.1 Å². The average Bonchev–Trinajstić information content (AvgIpc) is 2.09. The van der Waals surface area contributed by atoms with Crippen molar-refractivity contribution in [2.75, 3.05) is 14.1 Å². The molecule has 0 spiro atoms. The Morgan fingerprint density at radius 1 is 1.50 bits per heavy atom. The summed E-state index contributed by atoms with van der Waals surface area (Å²) in [5, 5.41) is 0. The molecule has 0 unspecified atom stereocenters. The summed E-state index contributed by atoms with van der Waals surface area (Å²) in [4.78, 5) is 12.7. The minimum absolute atomic E-state index is 0.103. The molecule has 1 amide bonds. The Bertz CT molecular complexity index is 352. The lowest BCUT2D eigenvalue weighted by Crippen LogP contribution is -2.23. The normalized spacial score (nSPS) is 10.0. The van der Waals surface area contributed by atoms with E-state index < -0.39 is 0 Å². The van der Waals surface area contributed by atoms with Gasteiger partial charge in [0, 0.05) is 18.6 Å². The van der Waals surface area contributed by atoms with Crippen molar-refractivity contribution in [2.24, 2.45) is 0 Å². The minimum Gasteiger partial charge on any atom is -0.349 e. The van der Waals surface area contributed by atoms with E-state index in [4.69, 9.17) is 0 Å². The molecule has 0 aliphatic rings. The highest BCUT2D eigenvalue weighted by molar-refractivity contribution is 9.10. The molecule has 0 saturated heterocycles. The number of hydrogen-bond donors (Lipinski definition) is 0. The van der Waals surface area contributed by atoms with Crippen LogP contribution in [0.2, 0.25) is 0 Å². The Balaban J connectivity index is 2.82. The molecule has 4 heteroatoms. The van der Waals surface area contributed by atoms with Gasteiger partial charge in [0.15, 0.2) is 0 Å². The number of benzene rings is 1. The molecular weight excluding hydrogens is 249 g/mol. The first-order chi connectivity index (χ1) is 6.50. The maximum Gasteiger partial charge on any atom is 0.226 e. The molecule has 0 atom stereocenters. The second kappa shape index (κ2) is 4.55. The first-order valence-electron chi connectivity index (χ1n) is 4.15. The Morgan fingerprint density at radius 3 is 2.64 bits per heavy atom. The number of carbonyl (C=O) groups is 1. The average molecular weight is 260 g/mol. The van der Waals surface area contributed by atoms with Crippen molar-refractivity contribution >= 4 is 21.8 Å². The van der Waals surface area contributed by atoms with E-state index in [0.29, 0.717) is 10.0 Å². The van der Waals surface area contributed by atoms with Crippen molar-refractivity contribution in [2.45, 2.75) is 6.42 Å². The third kappa shape index (κ3) is 2.80. The molecule has 1 aromatic carbocycles. The number of carbonyl (C=O) groups excluding carboxylic acids is 1. The molecule has 0 aromatic heterocycles.